The highest BCUT2D eigenvalue weighted by Crippen LogP contribution is 2.12. The summed E-state index contributed by atoms with van der Waals surface area (Å²) >= 11 is 0. The number of rotatable bonds is 0. The van der Waals surface area contributed by atoms with Gasteiger partial charge in [0.1, 0.15) is 6.07 Å². The summed E-state index contributed by atoms with van der Waals surface area (Å²) in [4.78, 5) is 4.10. The van der Waals surface area contributed by atoms with Crippen molar-refractivity contribution >= 4 is 5.69 Å². The summed E-state index contributed by atoms with van der Waals surface area (Å²) in [6.45, 7) is 3.62. The Kier molecular flexibility index (Phi) is 1.77. The largest absolute Gasteiger partial charge is 0.397 e. The number of nitrogens with two attached hydrogens (primary N) is 1. The average molecular weight is 147 g/mol. The smallest absolute Gasteiger partial charge is 0.101 e. The fourth-order valence-electron chi connectivity index (χ4n) is 0.854. The molecule has 0 radical (unpaired) electrons. The van der Waals surface area contributed by atoms with Crippen LogP contribution in [-0.4, -0.2) is 4.98 Å². The zero-order valence-corrected chi connectivity index (χ0v) is 6.55. The van der Waals surface area contributed by atoms with Crippen molar-refractivity contribution in [3.63, 3.8) is 0 Å². The molecule has 1 rings (SSSR count). The van der Waals surface area contributed by atoms with Gasteiger partial charge in [-0.05, 0) is 19.9 Å². The van der Waals surface area contributed by atoms with Gasteiger partial charge >= 0.3 is 0 Å². The van der Waals surface area contributed by atoms with E-state index in [1.165, 1.54) is 0 Å². The molecule has 1 aromatic heterocycles. The highest BCUT2D eigenvalue weighted by molar-refractivity contribution is 5.49. The van der Waals surface area contributed by atoms with Crippen LogP contribution in [-0.2, 0) is 0 Å². The molecule has 56 valence electrons. The number of hydrogen-bond donors (Lipinski definition) is 1. The van der Waals surface area contributed by atoms with Crippen LogP contribution in [0.15, 0.2) is 6.07 Å². The van der Waals surface area contributed by atoms with Crippen LogP contribution in [0, 0.1) is 25.2 Å². The first-order valence-electron chi connectivity index (χ1n) is 3.29. The highest BCUT2D eigenvalue weighted by Gasteiger charge is 2.01. The fourth-order valence-corrected chi connectivity index (χ4v) is 0.854. The normalized spacial score (nSPS) is 9.18. The first-order valence-corrected chi connectivity index (χ1v) is 3.29. The molecule has 0 atom stereocenters. The molecule has 3 heteroatoms. The number of nitrogens with zero attached hydrogens (tertiary/aromatic N) is 2. The van der Waals surface area contributed by atoms with Crippen molar-refractivity contribution in [2.75, 3.05) is 5.73 Å². The first kappa shape index (κ1) is 7.55. The summed E-state index contributed by atoms with van der Waals surface area (Å²) in [5, 5.41) is 8.59. The quantitative estimate of drug-likeness (QED) is 0.598. The van der Waals surface area contributed by atoms with Gasteiger partial charge < -0.3 is 5.73 Å². The van der Waals surface area contributed by atoms with E-state index in [2.05, 4.69) is 4.98 Å². The summed E-state index contributed by atoms with van der Waals surface area (Å²) in [5.74, 6) is 0. The van der Waals surface area contributed by atoms with Crippen LogP contribution in [0.1, 0.15) is 17.0 Å². The van der Waals surface area contributed by atoms with Gasteiger partial charge in [0.15, 0.2) is 0 Å². The molecule has 0 fully saturated rings. The van der Waals surface area contributed by atoms with Crippen LogP contribution in [0.25, 0.3) is 0 Å². The van der Waals surface area contributed by atoms with Crippen molar-refractivity contribution in [3.05, 3.63) is 23.0 Å². The number of nitriles is 1. The molecule has 0 unspecified atom stereocenters. The number of pyridine rings is 1. The van der Waals surface area contributed by atoms with Gasteiger partial charge in [0.2, 0.25) is 0 Å². The number of aryl methyl sites for hydroxylation is 2. The summed E-state index contributed by atoms with van der Waals surface area (Å²) in [6, 6.07) is 3.67. The van der Waals surface area contributed by atoms with E-state index >= 15 is 0 Å². The Hall–Kier alpha value is -1.56. The Labute approximate surface area is 65.5 Å². The Morgan fingerprint density at radius 2 is 2.09 bits per heavy atom. The van der Waals surface area contributed by atoms with E-state index in [4.69, 9.17) is 11.0 Å². The van der Waals surface area contributed by atoms with Gasteiger partial charge in [-0.2, -0.15) is 5.26 Å². The Bertz CT molecular complexity index is 323. The minimum Gasteiger partial charge on any atom is -0.397 e. The van der Waals surface area contributed by atoms with Gasteiger partial charge in [0.25, 0.3) is 0 Å². The minimum atomic E-state index is 0.549. The van der Waals surface area contributed by atoms with Crippen LogP contribution < -0.4 is 5.73 Å². The van der Waals surface area contributed by atoms with E-state index in [1.54, 1.807) is 13.0 Å². The van der Waals surface area contributed by atoms with E-state index < -0.39 is 0 Å². The standard InChI is InChI=1S/C8H9N3/c1-5-7(4-9)3-8(10)6(2)11-5/h3H,10H2,1-2H3. The molecule has 0 aliphatic rings. The van der Waals surface area contributed by atoms with E-state index in [-0.39, 0.29) is 0 Å². The predicted octanol–water partition coefficient (Wildman–Crippen LogP) is 1.15. The molecule has 0 bridgehead atoms. The van der Waals surface area contributed by atoms with Crippen molar-refractivity contribution in [3.8, 4) is 6.07 Å². The summed E-state index contributed by atoms with van der Waals surface area (Å²) in [6.07, 6.45) is 0. The SMILES string of the molecule is Cc1nc(C)c(C#N)cc1N. The molecular formula is C8H9N3. The third-order valence-electron chi connectivity index (χ3n) is 1.56. The topological polar surface area (TPSA) is 62.7 Å². The maximum absolute atomic E-state index is 8.59. The van der Waals surface area contributed by atoms with Gasteiger partial charge in [-0.1, -0.05) is 0 Å². The van der Waals surface area contributed by atoms with E-state index in [0.29, 0.717) is 11.3 Å². The molecule has 2 N–H and O–H groups in total. The van der Waals surface area contributed by atoms with Gasteiger partial charge in [-0.15, -0.1) is 0 Å². The fraction of sp³-hybridized carbons (Fsp3) is 0.250. The van der Waals surface area contributed by atoms with Crippen LogP contribution in [0.4, 0.5) is 5.69 Å². The maximum Gasteiger partial charge on any atom is 0.101 e. The van der Waals surface area contributed by atoms with Gasteiger partial charge in [0, 0.05) is 0 Å². The molecule has 0 aliphatic carbocycles. The molecule has 0 amide bonds. The van der Waals surface area contributed by atoms with E-state index in [0.717, 1.165) is 11.4 Å². The molecular weight excluding hydrogens is 138 g/mol. The van der Waals surface area contributed by atoms with Crippen molar-refractivity contribution in [1.29, 1.82) is 5.26 Å². The van der Waals surface area contributed by atoms with Crippen molar-refractivity contribution in [2.24, 2.45) is 0 Å². The maximum atomic E-state index is 8.59. The second kappa shape index (κ2) is 2.59. The lowest BCUT2D eigenvalue weighted by molar-refractivity contribution is 1.11. The first-order chi connectivity index (χ1) is 5.15. The molecule has 0 saturated carbocycles. The zero-order valence-electron chi connectivity index (χ0n) is 6.55. The van der Waals surface area contributed by atoms with E-state index in [9.17, 15) is 0 Å². The number of anilines is 1. The molecule has 0 saturated heterocycles. The van der Waals surface area contributed by atoms with E-state index in [1.807, 2.05) is 13.0 Å². The average Bonchev–Trinajstić information content (AvgIpc) is 1.97. The third-order valence-corrected chi connectivity index (χ3v) is 1.56. The molecule has 0 aliphatic heterocycles. The van der Waals surface area contributed by atoms with Gasteiger partial charge in [-0.25, -0.2) is 0 Å². The van der Waals surface area contributed by atoms with Gasteiger partial charge in [-0.3, -0.25) is 4.98 Å². The zero-order chi connectivity index (χ0) is 8.43. The number of nitrogen functional groups attached to an aromatic ring is 1. The molecule has 11 heavy (non-hydrogen) atoms. The number of hydrogen-bond acceptors (Lipinski definition) is 3. The second-order valence-corrected chi connectivity index (χ2v) is 2.41. The van der Waals surface area contributed by atoms with Crippen molar-refractivity contribution < 1.29 is 0 Å². The van der Waals surface area contributed by atoms with Gasteiger partial charge in [0.05, 0.1) is 22.6 Å². The van der Waals surface area contributed by atoms with Crippen LogP contribution in [0.5, 0.6) is 0 Å². The Morgan fingerprint density at radius 3 is 2.64 bits per heavy atom. The molecule has 1 heterocycles. The summed E-state index contributed by atoms with van der Waals surface area (Å²) in [7, 11) is 0. The molecule has 1 aromatic rings. The van der Waals surface area contributed by atoms with Crippen LogP contribution >= 0.6 is 0 Å². The third kappa shape index (κ3) is 1.30. The van der Waals surface area contributed by atoms with Crippen molar-refractivity contribution in [1.82, 2.24) is 4.98 Å². The van der Waals surface area contributed by atoms with Crippen LogP contribution in [0.3, 0.4) is 0 Å². The minimum absolute atomic E-state index is 0.549. The monoisotopic (exact) mass is 147 g/mol. The van der Waals surface area contributed by atoms with Crippen LogP contribution in [0.2, 0.25) is 0 Å². The van der Waals surface area contributed by atoms with Crippen molar-refractivity contribution in [2.45, 2.75) is 13.8 Å². The lowest BCUT2D eigenvalue weighted by atomic mass is 10.2. The highest BCUT2D eigenvalue weighted by atomic mass is 14.7. The predicted molar refractivity (Wildman–Crippen MR) is 42.8 cm³/mol. The molecule has 0 aromatic carbocycles. The Morgan fingerprint density at radius 1 is 1.45 bits per heavy atom. The lowest BCUT2D eigenvalue weighted by Crippen LogP contribution is -1.97. The second-order valence-electron chi connectivity index (χ2n) is 2.41. The molecule has 3 nitrogen and oxygen atoms in total. The summed E-state index contributed by atoms with van der Waals surface area (Å²) < 4.78 is 0. The lowest BCUT2D eigenvalue weighted by Gasteiger charge is -2.01. The Balaban J connectivity index is 3.35. The number of aromatic nitrogens is 1. The molecule has 0 spiro atoms. The summed E-state index contributed by atoms with van der Waals surface area (Å²) in [5.41, 5.74) is 8.19.